The number of nitrogens with zero attached hydrogens (tertiary/aromatic N) is 2. The molecule has 23 heavy (non-hydrogen) atoms. The highest BCUT2D eigenvalue weighted by atomic mass is 32.1. The van der Waals surface area contributed by atoms with Gasteiger partial charge in [-0.1, -0.05) is 37.3 Å². The van der Waals surface area contributed by atoms with Gasteiger partial charge in [0.25, 0.3) is 5.91 Å². The summed E-state index contributed by atoms with van der Waals surface area (Å²) in [6.07, 6.45) is 2.63. The monoisotopic (exact) mass is 341 g/mol. The van der Waals surface area contributed by atoms with Crippen molar-refractivity contribution in [1.82, 2.24) is 10.4 Å². The molecule has 0 bridgehead atoms. The molecule has 0 atom stereocenters. The number of hydrogen-bond acceptors (Lipinski definition) is 5. The second kappa shape index (κ2) is 7.30. The van der Waals surface area contributed by atoms with Crippen LogP contribution in [0.25, 0.3) is 10.6 Å². The van der Waals surface area contributed by atoms with E-state index in [0.717, 1.165) is 21.9 Å². The molecule has 116 valence electrons. The van der Waals surface area contributed by atoms with E-state index in [0.29, 0.717) is 5.69 Å². The van der Waals surface area contributed by atoms with Gasteiger partial charge in [-0.2, -0.15) is 5.10 Å². The molecule has 0 fully saturated rings. The molecular weight excluding hydrogens is 326 g/mol. The summed E-state index contributed by atoms with van der Waals surface area (Å²) in [6, 6.07) is 12.1. The van der Waals surface area contributed by atoms with Crippen molar-refractivity contribution in [3.63, 3.8) is 0 Å². The second-order valence-corrected chi connectivity index (χ2v) is 6.64. The van der Waals surface area contributed by atoms with Gasteiger partial charge in [0.1, 0.15) is 10.7 Å². The number of thiophene rings is 1. The van der Waals surface area contributed by atoms with Crippen LogP contribution in [-0.2, 0) is 6.42 Å². The fraction of sp³-hybridized carbons (Fsp3) is 0.118. The molecule has 0 aliphatic carbocycles. The predicted octanol–water partition coefficient (Wildman–Crippen LogP) is 4.20. The smallest absolute Gasteiger partial charge is 0.266 e. The molecule has 4 nitrogen and oxygen atoms in total. The number of hydrogen-bond donors (Lipinski definition) is 1. The quantitative estimate of drug-likeness (QED) is 0.558. The van der Waals surface area contributed by atoms with Crippen molar-refractivity contribution in [3.05, 3.63) is 63.3 Å². The summed E-state index contributed by atoms with van der Waals surface area (Å²) in [5.74, 6) is -0.300. The van der Waals surface area contributed by atoms with Crippen LogP contribution in [0.5, 0.6) is 0 Å². The fourth-order valence-electron chi connectivity index (χ4n) is 1.97. The molecule has 0 saturated heterocycles. The fourth-order valence-corrected chi connectivity index (χ4v) is 3.36. The van der Waals surface area contributed by atoms with Crippen LogP contribution in [0.2, 0.25) is 0 Å². The van der Waals surface area contributed by atoms with Crippen LogP contribution in [0.1, 0.15) is 27.9 Å². The largest absolute Gasteiger partial charge is 0.290 e. The van der Waals surface area contributed by atoms with Gasteiger partial charge >= 0.3 is 0 Å². The standard InChI is InChI=1S/C17H15N3OS2/c1-2-12-5-7-13(8-6-12)17-19-15(11-23-17)16(21)20-18-10-14-4-3-9-22-14/h3-11H,2H2,1H3,(H,20,21)/b18-10-. The first-order chi connectivity index (χ1) is 11.3. The third-order valence-electron chi connectivity index (χ3n) is 3.25. The molecule has 2 aromatic heterocycles. The maximum absolute atomic E-state index is 12.0. The highest BCUT2D eigenvalue weighted by Crippen LogP contribution is 2.24. The van der Waals surface area contributed by atoms with E-state index in [2.05, 4.69) is 34.6 Å². The van der Waals surface area contributed by atoms with E-state index in [-0.39, 0.29) is 5.91 Å². The Morgan fingerprint density at radius 1 is 1.26 bits per heavy atom. The summed E-state index contributed by atoms with van der Waals surface area (Å²) < 4.78 is 0. The number of benzene rings is 1. The Hall–Kier alpha value is -2.31. The van der Waals surface area contributed by atoms with Crippen molar-refractivity contribution in [1.29, 1.82) is 0 Å². The summed E-state index contributed by atoms with van der Waals surface area (Å²) in [6.45, 7) is 2.12. The zero-order valence-corrected chi connectivity index (χ0v) is 14.2. The average molecular weight is 341 g/mol. The van der Waals surface area contributed by atoms with Gasteiger partial charge in [0.15, 0.2) is 0 Å². The Morgan fingerprint density at radius 3 is 2.78 bits per heavy atom. The van der Waals surface area contributed by atoms with E-state index in [1.807, 2.05) is 29.6 Å². The minimum Gasteiger partial charge on any atom is -0.266 e. The molecule has 1 N–H and O–H groups in total. The summed E-state index contributed by atoms with van der Waals surface area (Å²) in [7, 11) is 0. The van der Waals surface area contributed by atoms with Gasteiger partial charge in [-0.3, -0.25) is 4.79 Å². The zero-order valence-electron chi connectivity index (χ0n) is 12.5. The Bertz CT molecular complexity index is 805. The highest BCUT2D eigenvalue weighted by Gasteiger charge is 2.11. The molecule has 3 aromatic rings. The number of amides is 1. The second-order valence-electron chi connectivity index (χ2n) is 4.80. The van der Waals surface area contributed by atoms with Crippen LogP contribution in [0.3, 0.4) is 0 Å². The lowest BCUT2D eigenvalue weighted by molar-refractivity contribution is 0.0951. The molecule has 0 saturated carbocycles. The van der Waals surface area contributed by atoms with Gasteiger partial charge in [-0.15, -0.1) is 22.7 Å². The maximum atomic E-state index is 12.0. The zero-order chi connectivity index (χ0) is 16.1. The number of carbonyl (C=O) groups is 1. The van der Waals surface area contributed by atoms with Gasteiger partial charge in [0, 0.05) is 15.8 Å². The van der Waals surface area contributed by atoms with E-state index in [4.69, 9.17) is 0 Å². The van der Waals surface area contributed by atoms with Crippen LogP contribution in [0.4, 0.5) is 0 Å². The minimum absolute atomic E-state index is 0.300. The Labute approximate surface area is 142 Å². The maximum Gasteiger partial charge on any atom is 0.290 e. The lowest BCUT2D eigenvalue weighted by Gasteiger charge is -1.99. The van der Waals surface area contributed by atoms with Gasteiger partial charge in [0.05, 0.1) is 6.21 Å². The van der Waals surface area contributed by atoms with Gasteiger partial charge in [0.2, 0.25) is 0 Å². The third-order valence-corrected chi connectivity index (χ3v) is 4.95. The number of aromatic nitrogens is 1. The van der Waals surface area contributed by atoms with Crippen LogP contribution in [0.15, 0.2) is 52.3 Å². The van der Waals surface area contributed by atoms with E-state index in [1.165, 1.54) is 16.9 Å². The molecule has 0 spiro atoms. The van der Waals surface area contributed by atoms with E-state index < -0.39 is 0 Å². The topological polar surface area (TPSA) is 54.4 Å². The third kappa shape index (κ3) is 3.91. The van der Waals surface area contributed by atoms with Crippen molar-refractivity contribution in [2.45, 2.75) is 13.3 Å². The number of rotatable bonds is 5. The SMILES string of the molecule is CCc1ccc(-c2nc(C(=O)N/N=C\c3cccs3)cs2)cc1. The van der Waals surface area contributed by atoms with E-state index >= 15 is 0 Å². The molecular formula is C17H15N3OS2. The molecule has 0 aliphatic heterocycles. The van der Waals surface area contributed by atoms with Crippen molar-refractivity contribution in [2.24, 2.45) is 5.10 Å². The summed E-state index contributed by atoms with van der Waals surface area (Å²) in [5, 5.41) is 8.49. The summed E-state index contributed by atoms with van der Waals surface area (Å²) >= 11 is 3.01. The van der Waals surface area contributed by atoms with Crippen LogP contribution < -0.4 is 5.43 Å². The molecule has 1 aromatic carbocycles. The van der Waals surface area contributed by atoms with Crippen LogP contribution in [-0.4, -0.2) is 17.1 Å². The summed E-state index contributed by atoms with van der Waals surface area (Å²) in [4.78, 5) is 17.4. The Kier molecular flexibility index (Phi) is 4.95. The van der Waals surface area contributed by atoms with Crippen molar-refractivity contribution < 1.29 is 4.79 Å². The minimum atomic E-state index is -0.300. The number of hydrazone groups is 1. The van der Waals surface area contributed by atoms with Crippen molar-refractivity contribution in [2.75, 3.05) is 0 Å². The van der Waals surface area contributed by atoms with E-state index in [1.54, 1.807) is 22.9 Å². The van der Waals surface area contributed by atoms with Crippen molar-refractivity contribution in [3.8, 4) is 10.6 Å². The molecule has 1 amide bonds. The first-order valence-electron chi connectivity index (χ1n) is 7.18. The molecule has 2 heterocycles. The Morgan fingerprint density at radius 2 is 2.09 bits per heavy atom. The predicted molar refractivity (Wildman–Crippen MR) is 96.3 cm³/mol. The van der Waals surface area contributed by atoms with Gasteiger partial charge < -0.3 is 0 Å². The number of aryl methyl sites for hydroxylation is 1. The summed E-state index contributed by atoms with van der Waals surface area (Å²) in [5.41, 5.74) is 5.19. The molecule has 3 rings (SSSR count). The number of nitrogens with one attached hydrogen (secondary N) is 1. The number of thiazole rings is 1. The lowest BCUT2D eigenvalue weighted by atomic mass is 10.1. The van der Waals surface area contributed by atoms with Crippen molar-refractivity contribution >= 4 is 34.8 Å². The lowest BCUT2D eigenvalue weighted by Crippen LogP contribution is -2.17. The van der Waals surface area contributed by atoms with Crippen LogP contribution in [0, 0.1) is 0 Å². The molecule has 0 aliphatic rings. The first kappa shape index (κ1) is 15.6. The molecule has 0 unspecified atom stereocenters. The van der Waals surface area contributed by atoms with E-state index in [9.17, 15) is 4.79 Å². The number of carbonyl (C=O) groups excluding carboxylic acids is 1. The first-order valence-corrected chi connectivity index (χ1v) is 8.94. The molecule has 6 heteroatoms. The molecule has 0 radical (unpaired) electrons. The highest BCUT2D eigenvalue weighted by molar-refractivity contribution is 7.13. The van der Waals surface area contributed by atoms with Gasteiger partial charge in [-0.25, -0.2) is 10.4 Å². The normalized spacial score (nSPS) is 11.0. The van der Waals surface area contributed by atoms with Gasteiger partial charge in [-0.05, 0) is 23.4 Å². The van der Waals surface area contributed by atoms with Crippen LogP contribution >= 0.6 is 22.7 Å². The Balaban J connectivity index is 1.67. The average Bonchev–Trinajstić information content (AvgIpc) is 3.26.